The second-order valence-electron chi connectivity index (χ2n) is 6.01. The lowest BCUT2D eigenvalue weighted by molar-refractivity contribution is -0.138. The van der Waals surface area contributed by atoms with Gasteiger partial charge in [0.25, 0.3) is 5.91 Å². The number of carbonyl (C=O) groups excluding carboxylic acids is 1. The van der Waals surface area contributed by atoms with Crippen molar-refractivity contribution >= 4 is 17.6 Å². The zero-order valence-corrected chi connectivity index (χ0v) is 14.8. The summed E-state index contributed by atoms with van der Waals surface area (Å²) in [5.41, 5.74) is 2.26. The van der Waals surface area contributed by atoms with E-state index in [2.05, 4.69) is 22.3 Å². The SMILES string of the molecule is CCCC/C(NCc1ccccn1)=C1/C(=O)N(C)N=C1C(C)C(=O)O. The number of hydrazone groups is 1. The second-order valence-corrected chi connectivity index (χ2v) is 6.01. The van der Waals surface area contributed by atoms with Crippen LogP contribution in [0.2, 0.25) is 0 Å². The van der Waals surface area contributed by atoms with Crippen molar-refractivity contribution < 1.29 is 14.7 Å². The lowest BCUT2D eigenvalue weighted by atomic mass is 9.95. The number of aliphatic carboxylic acids is 1. The topological polar surface area (TPSA) is 94.9 Å². The molecule has 0 spiro atoms. The summed E-state index contributed by atoms with van der Waals surface area (Å²) in [5.74, 6) is -2.13. The number of pyridine rings is 1. The van der Waals surface area contributed by atoms with Crippen molar-refractivity contribution in [3.05, 3.63) is 41.4 Å². The van der Waals surface area contributed by atoms with Gasteiger partial charge in [0.05, 0.1) is 29.4 Å². The van der Waals surface area contributed by atoms with Gasteiger partial charge >= 0.3 is 5.97 Å². The third kappa shape index (κ3) is 4.43. The van der Waals surface area contributed by atoms with Crippen LogP contribution in [-0.4, -0.2) is 39.7 Å². The van der Waals surface area contributed by atoms with Gasteiger partial charge < -0.3 is 10.4 Å². The highest BCUT2D eigenvalue weighted by Crippen LogP contribution is 2.24. The lowest BCUT2D eigenvalue weighted by Gasteiger charge is -2.16. The number of amides is 1. The van der Waals surface area contributed by atoms with Gasteiger partial charge in [-0.15, -0.1) is 0 Å². The van der Waals surface area contributed by atoms with Crippen LogP contribution in [0.1, 0.15) is 38.8 Å². The number of unbranched alkanes of at least 4 members (excludes halogenated alkanes) is 1. The van der Waals surface area contributed by atoms with E-state index in [0.717, 1.165) is 24.2 Å². The normalized spacial score (nSPS) is 17.3. The average Bonchev–Trinajstić information content (AvgIpc) is 2.90. The summed E-state index contributed by atoms with van der Waals surface area (Å²) in [4.78, 5) is 28.2. The van der Waals surface area contributed by atoms with Gasteiger partial charge in [0.2, 0.25) is 0 Å². The fourth-order valence-corrected chi connectivity index (χ4v) is 2.59. The molecule has 0 radical (unpaired) electrons. The summed E-state index contributed by atoms with van der Waals surface area (Å²) in [6.07, 6.45) is 4.22. The van der Waals surface area contributed by atoms with E-state index >= 15 is 0 Å². The third-order valence-corrected chi connectivity index (χ3v) is 4.09. The van der Waals surface area contributed by atoms with E-state index in [1.807, 2.05) is 18.2 Å². The number of nitrogens with one attached hydrogen (secondary N) is 1. The molecule has 1 aromatic heterocycles. The highest BCUT2D eigenvalue weighted by Gasteiger charge is 2.36. The highest BCUT2D eigenvalue weighted by atomic mass is 16.4. The van der Waals surface area contributed by atoms with Crippen molar-refractivity contribution in [2.45, 2.75) is 39.7 Å². The minimum atomic E-state index is -1.00. The van der Waals surface area contributed by atoms with Gasteiger partial charge in [-0.05, 0) is 31.9 Å². The molecule has 7 nitrogen and oxygen atoms in total. The van der Waals surface area contributed by atoms with E-state index in [0.29, 0.717) is 24.3 Å². The second kappa shape index (κ2) is 8.41. The molecule has 25 heavy (non-hydrogen) atoms. The Morgan fingerprint density at radius 2 is 2.16 bits per heavy atom. The Kier molecular flexibility index (Phi) is 6.27. The first-order valence-corrected chi connectivity index (χ1v) is 8.42. The Balaban J connectivity index is 2.35. The maximum Gasteiger partial charge on any atom is 0.312 e. The molecule has 1 aliphatic rings. The molecule has 2 heterocycles. The van der Waals surface area contributed by atoms with Crippen LogP contribution in [0.4, 0.5) is 0 Å². The Bertz CT molecular complexity index is 698. The molecule has 134 valence electrons. The van der Waals surface area contributed by atoms with Crippen LogP contribution in [0.3, 0.4) is 0 Å². The van der Waals surface area contributed by atoms with Crippen molar-refractivity contribution in [2.75, 3.05) is 7.05 Å². The summed E-state index contributed by atoms with van der Waals surface area (Å²) in [6, 6.07) is 5.64. The fraction of sp³-hybridized carbons (Fsp3) is 0.444. The Morgan fingerprint density at radius 3 is 2.76 bits per heavy atom. The molecule has 7 heteroatoms. The number of aromatic nitrogens is 1. The number of carbonyl (C=O) groups is 2. The lowest BCUT2D eigenvalue weighted by Crippen LogP contribution is -2.28. The van der Waals surface area contributed by atoms with Crippen LogP contribution in [-0.2, 0) is 16.1 Å². The zero-order valence-electron chi connectivity index (χ0n) is 14.8. The Morgan fingerprint density at radius 1 is 1.40 bits per heavy atom. The van der Waals surface area contributed by atoms with Gasteiger partial charge in [0.1, 0.15) is 0 Å². The maximum atomic E-state index is 12.6. The molecule has 0 bridgehead atoms. The Labute approximate surface area is 147 Å². The minimum Gasteiger partial charge on any atom is -0.481 e. The maximum absolute atomic E-state index is 12.6. The zero-order chi connectivity index (χ0) is 18.4. The molecule has 0 aromatic carbocycles. The number of hydrogen-bond donors (Lipinski definition) is 2. The molecule has 0 fully saturated rings. The van der Waals surface area contributed by atoms with Crippen LogP contribution in [0.15, 0.2) is 40.8 Å². The summed E-state index contributed by atoms with van der Waals surface area (Å²) >= 11 is 0. The third-order valence-electron chi connectivity index (χ3n) is 4.09. The van der Waals surface area contributed by atoms with Crippen LogP contribution in [0.25, 0.3) is 0 Å². The van der Waals surface area contributed by atoms with Crippen molar-refractivity contribution in [1.29, 1.82) is 0 Å². The molecular weight excluding hydrogens is 320 g/mol. The molecular formula is C18H24N4O3. The monoisotopic (exact) mass is 344 g/mol. The van der Waals surface area contributed by atoms with Crippen molar-refractivity contribution in [2.24, 2.45) is 11.0 Å². The molecule has 0 aliphatic carbocycles. The number of hydrogen-bond acceptors (Lipinski definition) is 5. The molecule has 2 rings (SSSR count). The molecule has 1 unspecified atom stereocenters. The fourth-order valence-electron chi connectivity index (χ4n) is 2.59. The number of allylic oxidation sites excluding steroid dienone is 1. The molecule has 1 amide bonds. The van der Waals surface area contributed by atoms with Gasteiger partial charge in [0, 0.05) is 18.9 Å². The number of carboxylic acids is 1. The van der Waals surface area contributed by atoms with E-state index in [4.69, 9.17) is 0 Å². The summed E-state index contributed by atoms with van der Waals surface area (Å²) in [6.45, 7) is 4.08. The van der Waals surface area contributed by atoms with E-state index in [1.54, 1.807) is 20.2 Å². The largest absolute Gasteiger partial charge is 0.481 e. The van der Waals surface area contributed by atoms with Crippen LogP contribution < -0.4 is 5.32 Å². The van der Waals surface area contributed by atoms with Crippen molar-refractivity contribution in [1.82, 2.24) is 15.3 Å². The van der Waals surface area contributed by atoms with Crippen LogP contribution in [0, 0.1) is 5.92 Å². The van der Waals surface area contributed by atoms with Gasteiger partial charge in [-0.3, -0.25) is 14.6 Å². The standard InChI is InChI=1S/C18H24N4O3/c1-4-5-9-14(20-11-13-8-6-7-10-19-13)15-16(12(2)18(24)25)21-22(3)17(15)23/h6-8,10,12,20H,4-5,9,11H2,1-3H3,(H,24,25)/b15-14-. The van der Waals surface area contributed by atoms with E-state index in [1.165, 1.54) is 5.01 Å². The highest BCUT2D eigenvalue weighted by molar-refractivity contribution is 6.29. The summed E-state index contributed by atoms with van der Waals surface area (Å²) < 4.78 is 0. The van der Waals surface area contributed by atoms with Gasteiger partial charge in [-0.25, -0.2) is 5.01 Å². The number of rotatable bonds is 8. The smallest absolute Gasteiger partial charge is 0.312 e. The van der Waals surface area contributed by atoms with E-state index < -0.39 is 11.9 Å². The molecule has 0 saturated carbocycles. The average molecular weight is 344 g/mol. The first kappa shape index (κ1) is 18.6. The van der Waals surface area contributed by atoms with Gasteiger partial charge in [-0.1, -0.05) is 19.4 Å². The number of nitrogens with zero attached hydrogens (tertiary/aromatic N) is 3. The molecule has 1 aromatic rings. The predicted octanol–water partition coefficient (Wildman–Crippen LogP) is 2.16. The van der Waals surface area contributed by atoms with E-state index in [9.17, 15) is 14.7 Å². The predicted molar refractivity (Wildman–Crippen MR) is 94.6 cm³/mol. The van der Waals surface area contributed by atoms with Crippen LogP contribution >= 0.6 is 0 Å². The molecule has 2 N–H and O–H groups in total. The van der Waals surface area contributed by atoms with Crippen molar-refractivity contribution in [3.63, 3.8) is 0 Å². The minimum absolute atomic E-state index is 0.275. The quantitative estimate of drug-likeness (QED) is 0.705. The number of likely N-dealkylation sites (N-methyl/N-ethyl adjacent to an activating group) is 1. The first-order valence-electron chi connectivity index (χ1n) is 8.42. The Hall–Kier alpha value is -2.70. The van der Waals surface area contributed by atoms with Gasteiger partial charge in [-0.2, -0.15) is 5.10 Å². The molecule has 1 atom stereocenters. The summed E-state index contributed by atoms with van der Waals surface area (Å²) in [7, 11) is 1.54. The molecule has 0 saturated heterocycles. The van der Waals surface area contributed by atoms with Crippen molar-refractivity contribution in [3.8, 4) is 0 Å². The van der Waals surface area contributed by atoms with Gasteiger partial charge in [0.15, 0.2) is 0 Å². The van der Waals surface area contributed by atoms with Crippen LogP contribution in [0.5, 0.6) is 0 Å². The summed E-state index contributed by atoms with van der Waals surface area (Å²) in [5, 5.41) is 18.0. The number of carboxylic acid groups (broad SMARTS) is 1. The molecule has 1 aliphatic heterocycles. The van der Waals surface area contributed by atoms with E-state index in [-0.39, 0.29) is 5.91 Å². The first-order chi connectivity index (χ1) is 12.0.